The molecule has 0 saturated heterocycles. The second kappa shape index (κ2) is 6.14. The zero-order chi connectivity index (χ0) is 13.6. The number of hydrogen-bond acceptors (Lipinski definition) is 4. The summed E-state index contributed by atoms with van der Waals surface area (Å²) < 4.78 is 25.9. The first-order chi connectivity index (χ1) is 8.45. The van der Waals surface area contributed by atoms with Crippen LogP contribution in [0.4, 0.5) is 0 Å². The van der Waals surface area contributed by atoms with Gasteiger partial charge >= 0.3 is 0 Å². The van der Waals surface area contributed by atoms with Crippen LogP contribution < -0.4 is 10.0 Å². The number of amides is 1. The number of nitrogens with zero attached hydrogens (tertiary/aromatic N) is 1. The molecule has 0 fully saturated rings. The maximum Gasteiger partial charge on any atom is 0.240 e. The second-order valence-corrected chi connectivity index (χ2v) is 5.28. The molecule has 0 heterocycles. The van der Waals surface area contributed by atoms with Gasteiger partial charge in [0.05, 0.1) is 16.5 Å². The number of rotatable bonds is 5. The van der Waals surface area contributed by atoms with E-state index in [9.17, 15) is 13.2 Å². The minimum Gasteiger partial charge on any atom is -0.355 e. The van der Waals surface area contributed by atoms with Crippen molar-refractivity contribution in [3.8, 4) is 6.07 Å². The number of carbonyl (C=O) groups is 1. The normalized spacial score (nSPS) is 10.7. The molecule has 1 amide bonds. The number of nitrogens with one attached hydrogen (secondary N) is 2. The van der Waals surface area contributed by atoms with Crippen molar-refractivity contribution in [2.24, 2.45) is 0 Å². The van der Waals surface area contributed by atoms with E-state index in [0.717, 1.165) is 0 Å². The van der Waals surface area contributed by atoms with Crippen LogP contribution >= 0.6 is 0 Å². The molecule has 0 bridgehead atoms. The Morgan fingerprint density at radius 2 is 1.89 bits per heavy atom. The van der Waals surface area contributed by atoms with Gasteiger partial charge < -0.3 is 5.32 Å². The summed E-state index contributed by atoms with van der Waals surface area (Å²) in [5, 5.41) is 11.1. The highest BCUT2D eigenvalue weighted by Gasteiger charge is 2.12. The van der Waals surface area contributed by atoms with Crippen molar-refractivity contribution in [2.45, 2.75) is 11.8 Å². The third kappa shape index (κ3) is 4.16. The molecule has 0 saturated carbocycles. The van der Waals surface area contributed by atoms with Crippen molar-refractivity contribution in [3.05, 3.63) is 29.8 Å². The summed E-state index contributed by atoms with van der Waals surface area (Å²) >= 11 is 0. The quantitative estimate of drug-likeness (QED) is 0.732. The van der Waals surface area contributed by atoms with Crippen LogP contribution in [0.25, 0.3) is 0 Å². The molecule has 0 unspecified atom stereocenters. The fourth-order valence-corrected chi connectivity index (χ4v) is 2.25. The molecule has 0 aromatic heterocycles. The topological polar surface area (TPSA) is 99.1 Å². The van der Waals surface area contributed by atoms with Crippen LogP contribution in [-0.2, 0) is 14.8 Å². The number of benzene rings is 1. The number of carbonyl (C=O) groups excluding carboxylic acids is 1. The summed E-state index contributed by atoms with van der Waals surface area (Å²) in [5.74, 6) is -0.215. The van der Waals surface area contributed by atoms with E-state index < -0.39 is 10.0 Å². The van der Waals surface area contributed by atoms with Gasteiger partial charge in [0.1, 0.15) is 0 Å². The molecule has 18 heavy (non-hydrogen) atoms. The molecule has 7 heteroatoms. The van der Waals surface area contributed by atoms with Crippen LogP contribution in [0.2, 0.25) is 0 Å². The number of hydrogen-bond donors (Lipinski definition) is 2. The van der Waals surface area contributed by atoms with Crippen LogP contribution in [0, 0.1) is 11.3 Å². The largest absolute Gasteiger partial charge is 0.355 e. The molecule has 1 aromatic carbocycles. The Hall–Kier alpha value is -1.91. The van der Waals surface area contributed by atoms with Gasteiger partial charge in [-0.25, -0.2) is 13.1 Å². The highest BCUT2D eigenvalue weighted by atomic mass is 32.2. The summed E-state index contributed by atoms with van der Waals surface area (Å²) in [4.78, 5) is 10.7. The molecule has 0 aliphatic carbocycles. The zero-order valence-corrected chi connectivity index (χ0v) is 10.6. The average molecular weight is 267 g/mol. The Balaban J connectivity index is 2.63. The fraction of sp³-hybridized carbons (Fsp3) is 0.273. The van der Waals surface area contributed by atoms with Crippen molar-refractivity contribution < 1.29 is 13.2 Å². The molecule has 6 nitrogen and oxygen atoms in total. The lowest BCUT2D eigenvalue weighted by molar-refractivity contribution is -0.118. The first kappa shape index (κ1) is 14.2. The highest BCUT2D eigenvalue weighted by Crippen LogP contribution is 2.09. The van der Waals surface area contributed by atoms with Crippen molar-refractivity contribution in [2.75, 3.05) is 13.1 Å². The fourth-order valence-electron chi connectivity index (χ4n) is 1.22. The third-order valence-electron chi connectivity index (χ3n) is 2.08. The van der Waals surface area contributed by atoms with E-state index in [4.69, 9.17) is 5.26 Å². The van der Waals surface area contributed by atoms with Crippen molar-refractivity contribution >= 4 is 15.9 Å². The molecule has 0 radical (unpaired) electrons. The van der Waals surface area contributed by atoms with Crippen molar-refractivity contribution in [1.82, 2.24) is 10.0 Å². The van der Waals surface area contributed by atoms with E-state index in [0.29, 0.717) is 5.56 Å². The predicted molar refractivity (Wildman–Crippen MR) is 65.0 cm³/mol. The van der Waals surface area contributed by atoms with E-state index in [1.165, 1.54) is 31.2 Å². The van der Waals surface area contributed by atoms with Gasteiger partial charge in [0.15, 0.2) is 0 Å². The van der Waals surface area contributed by atoms with Gasteiger partial charge in [-0.3, -0.25) is 4.79 Å². The maximum atomic E-state index is 11.8. The summed E-state index contributed by atoms with van der Waals surface area (Å²) in [6.07, 6.45) is 0. The molecule has 0 spiro atoms. The van der Waals surface area contributed by atoms with Gasteiger partial charge in [0.25, 0.3) is 0 Å². The minimum absolute atomic E-state index is 0.0873. The smallest absolute Gasteiger partial charge is 0.240 e. The standard InChI is InChI=1S/C11H13N3O3S/c1-9(15)13-6-7-14-18(16,17)11-4-2-10(8-12)3-5-11/h2-5,14H,6-7H2,1H3,(H,13,15). The van der Waals surface area contributed by atoms with E-state index in [-0.39, 0.29) is 23.9 Å². The Labute approximate surface area is 106 Å². The van der Waals surface area contributed by atoms with Gasteiger partial charge in [-0.15, -0.1) is 0 Å². The number of sulfonamides is 1. The SMILES string of the molecule is CC(=O)NCCNS(=O)(=O)c1ccc(C#N)cc1. The molecule has 1 rings (SSSR count). The predicted octanol–water partition coefficient (Wildman–Crippen LogP) is -0.0273. The molecule has 1 aromatic rings. The zero-order valence-electron chi connectivity index (χ0n) is 9.80. The van der Waals surface area contributed by atoms with Crippen molar-refractivity contribution in [3.63, 3.8) is 0 Å². The van der Waals surface area contributed by atoms with E-state index in [2.05, 4.69) is 10.0 Å². The molecule has 0 aliphatic rings. The Morgan fingerprint density at radius 1 is 1.28 bits per heavy atom. The van der Waals surface area contributed by atoms with Gasteiger partial charge in [-0.1, -0.05) is 0 Å². The van der Waals surface area contributed by atoms with Crippen LogP contribution in [0.15, 0.2) is 29.2 Å². The number of nitriles is 1. The van der Waals surface area contributed by atoms with E-state index >= 15 is 0 Å². The third-order valence-corrected chi connectivity index (χ3v) is 3.56. The van der Waals surface area contributed by atoms with Crippen LogP contribution in [0.5, 0.6) is 0 Å². The Bertz CT molecular complexity index is 558. The molecule has 0 aliphatic heterocycles. The van der Waals surface area contributed by atoms with Gasteiger partial charge in [-0.05, 0) is 24.3 Å². The van der Waals surface area contributed by atoms with Crippen LogP contribution in [0.3, 0.4) is 0 Å². The van der Waals surface area contributed by atoms with Crippen molar-refractivity contribution in [1.29, 1.82) is 5.26 Å². The summed E-state index contributed by atoms with van der Waals surface area (Å²) in [6.45, 7) is 1.70. The lowest BCUT2D eigenvalue weighted by Crippen LogP contribution is -2.33. The monoisotopic (exact) mass is 267 g/mol. The van der Waals surface area contributed by atoms with Crippen LogP contribution in [-0.4, -0.2) is 27.4 Å². The maximum absolute atomic E-state index is 11.8. The first-order valence-corrected chi connectivity index (χ1v) is 6.68. The molecular weight excluding hydrogens is 254 g/mol. The lowest BCUT2D eigenvalue weighted by Gasteiger charge is -2.06. The Morgan fingerprint density at radius 3 is 2.39 bits per heavy atom. The summed E-state index contributed by atoms with van der Waals surface area (Å²) in [5.41, 5.74) is 0.396. The first-order valence-electron chi connectivity index (χ1n) is 5.20. The van der Waals surface area contributed by atoms with E-state index in [1.807, 2.05) is 6.07 Å². The van der Waals surface area contributed by atoms with Gasteiger partial charge in [0.2, 0.25) is 15.9 Å². The molecule has 2 N–H and O–H groups in total. The average Bonchev–Trinajstić information content (AvgIpc) is 2.34. The molecule has 0 atom stereocenters. The summed E-state index contributed by atoms with van der Waals surface area (Å²) in [6, 6.07) is 7.49. The van der Waals surface area contributed by atoms with E-state index in [1.54, 1.807) is 0 Å². The van der Waals surface area contributed by atoms with Gasteiger partial charge in [-0.2, -0.15) is 5.26 Å². The van der Waals surface area contributed by atoms with Gasteiger partial charge in [0, 0.05) is 20.0 Å². The Kier molecular flexibility index (Phi) is 4.83. The minimum atomic E-state index is -3.59. The molecular formula is C11H13N3O3S. The van der Waals surface area contributed by atoms with Crippen LogP contribution in [0.1, 0.15) is 12.5 Å². The molecule has 96 valence electrons. The summed E-state index contributed by atoms with van der Waals surface area (Å²) in [7, 11) is -3.59. The lowest BCUT2D eigenvalue weighted by atomic mass is 10.2. The second-order valence-electron chi connectivity index (χ2n) is 3.52. The highest BCUT2D eigenvalue weighted by molar-refractivity contribution is 7.89.